The Balaban J connectivity index is 2.32. The third-order valence-electron chi connectivity index (χ3n) is 3.63. The molecule has 0 amide bonds. The fourth-order valence-corrected chi connectivity index (χ4v) is 2.90. The van der Waals surface area contributed by atoms with Crippen molar-refractivity contribution in [3.8, 4) is 0 Å². The maximum atomic E-state index is 4.25. The monoisotopic (exact) mass is 257 g/mol. The lowest BCUT2D eigenvalue weighted by atomic mass is 9.91. The second kappa shape index (κ2) is 5.57. The predicted molar refractivity (Wildman–Crippen MR) is 79.4 cm³/mol. The molecule has 0 fully saturated rings. The van der Waals surface area contributed by atoms with Crippen LogP contribution in [0.15, 0.2) is 24.5 Å². The van der Waals surface area contributed by atoms with Gasteiger partial charge in [-0.1, -0.05) is 17.7 Å². The van der Waals surface area contributed by atoms with Crippen LogP contribution in [0.25, 0.3) is 0 Å². The van der Waals surface area contributed by atoms with Crippen LogP contribution in [0.5, 0.6) is 0 Å². The quantitative estimate of drug-likeness (QED) is 0.912. The van der Waals surface area contributed by atoms with Gasteiger partial charge in [-0.3, -0.25) is 4.68 Å². The van der Waals surface area contributed by atoms with Crippen molar-refractivity contribution in [2.45, 2.75) is 33.2 Å². The summed E-state index contributed by atoms with van der Waals surface area (Å²) in [5, 5.41) is 7.69. The minimum absolute atomic E-state index is 0.338. The number of rotatable bonds is 4. The van der Waals surface area contributed by atoms with Gasteiger partial charge in [0.1, 0.15) is 0 Å². The first-order valence-electron chi connectivity index (χ1n) is 6.73. The summed E-state index contributed by atoms with van der Waals surface area (Å²) >= 11 is 0. The van der Waals surface area contributed by atoms with Crippen LogP contribution in [-0.2, 0) is 13.5 Å². The highest BCUT2D eigenvalue weighted by molar-refractivity contribution is 5.40. The molecule has 0 radical (unpaired) electrons. The van der Waals surface area contributed by atoms with Crippen molar-refractivity contribution in [2.24, 2.45) is 7.05 Å². The summed E-state index contributed by atoms with van der Waals surface area (Å²) in [7, 11) is 3.99. The molecule has 1 aromatic heterocycles. The molecule has 3 heteroatoms. The summed E-state index contributed by atoms with van der Waals surface area (Å²) in [5.41, 5.74) is 6.73. The highest BCUT2D eigenvalue weighted by Gasteiger charge is 2.16. The summed E-state index contributed by atoms with van der Waals surface area (Å²) in [6.45, 7) is 6.55. The summed E-state index contributed by atoms with van der Waals surface area (Å²) < 4.78 is 1.86. The molecule has 1 atom stereocenters. The lowest BCUT2D eigenvalue weighted by molar-refractivity contribution is 0.585. The Morgan fingerprint density at radius 2 is 1.84 bits per heavy atom. The fourth-order valence-electron chi connectivity index (χ4n) is 2.90. The topological polar surface area (TPSA) is 29.9 Å². The Labute approximate surface area is 115 Å². The average molecular weight is 257 g/mol. The zero-order valence-electron chi connectivity index (χ0n) is 12.5. The number of hydrogen-bond acceptors (Lipinski definition) is 2. The zero-order valence-corrected chi connectivity index (χ0v) is 12.5. The Morgan fingerprint density at radius 1 is 1.21 bits per heavy atom. The summed E-state index contributed by atoms with van der Waals surface area (Å²) in [4.78, 5) is 0. The number of aryl methyl sites for hydroxylation is 4. The van der Waals surface area contributed by atoms with Crippen LogP contribution in [0.1, 0.15) is 33.9 Å². The van der Waals surface area contributed by atoms with Crippen LogP contribution in [-0.4, -0.2) is 16.8 Å². The van der Waals surface area contributed by atoms with Crippen molar-refractivity contribution in [1.82, 2.24) is 15.1 Å². The van der Waals surface area contributed by atoms with Crippen molar-refractivity contribution in [1.29, 1.82) is 0 Å². The van der Waals surface area contributed by atoms with Crippen LogP contribution < -0.4 is 5.32 Å². The summed E-state index contributed by atoms with van der Waals surface area (Å²) in [6.07, 6.45) is 5.00. The predicted octanol–water partition coefficient (Wildman–Crippen LogP) is 2.85. The highest BCUT2D eigenvalue weighted by Crippen LogP contribution is 2.26. The van der Waals surface area contributed by atoms with E-state index in [0.717, 1.165) is 6.42 Å². The van der Waals surface area contributed by atoms with E-state index >= 15 is 0 Å². The molecule has 0 aliphatic heterocycles. The molecule has 0 spiro atoms. The fraction of sp³-hybridized carbons (Fsp3) is 0.438. The summed E-state index contributed by atoms with van der Waals surface area (Å²) in [6, 6.07) is 4.86. The Bertz CT molecular complexity index is 546. The number of aromatic nitrogens is 2. The van der Waals surface area contributed by atoms with E-state index in [-0.39, 0.29) is 0 Å². The van der Waals surface area contributed by atoms with Crippen molar-refractivity contribution in [2.75, 3.05) is 7.05 Å². The second-order valence-corrected chi connectivity index (χ2v) is 5.38. The molecule has 19 heavy (non-hydrogen) atoms. The second-order valence-electron chi connectivity index (χ2n) is 5.38. The first-order valence-corrected chi connectivity index (χ1v) is 6.73. The Kier molecular flexibility index (Phi) is 4.05. The molecule has 1 N–H and O–H groups in total. The molecule has 2 rings (SSSR count). The molecule has 2 aromatic rings. The van der Waals surface area contributed by atoms with Gasteiger partial charge in [-0.05, 0) is 56.5 Å². The lowest BCUT2D eigenvalue weighted by Crippen LogP contribution is -2.21. The number of likely N-dealkylation sites (N-methyl/N-ethyl adjacent to an activating group) is 1. The van der Waals surface area contributed by atoms with Gasteiger partial charge >= 0.3 is 0 Å². The molecule has 1 aromatic carbocycles. The van der Waals surface area contributed by atoms with Crippen LogP contribution in [0, 0.1) is 20.8 Å². The van der Waals surface area contributed by atoms with Gasteiger partial charge in [-0.2, -0.15) is 5.10 Å². The van der Waals surface area contributed by atoms with Gasteiger partial charge in [0.05, 0.1) is 6.20 Å². The molecule has 102 valence electrons. The Hall–Kier alpha value is -1.61. The van der Waals surface area contributed by atoms with E-state index in [1.54, 1.807) is 0 Å². The van der Waals surface area contributed by atoms with Crippen LogP contribution in [0.3, 0.4) is 0 Å². The van der Waals surface area contributed by atoms with E-state index in [4.69, 9.17) is 0 Å². The molecule has 0 aliphatic carbocycles. The van der Waals surface area contributed by atoms with E-state index < -0.39 is 0 Å². The molecular formula is C16H23N3. The maximum Gasteiger partial charge on any atom is 0.0522 e. The average Bonchev–Trinajstić information content (AvgIpc) is 2.72. The smallest absolute Gasteiger partial charge is 0.0522 e. The SMILES string of the molecule is CNC(Cc1cnn(C)c1)c1c(C)cc(C)cc1C. The molecule has 1 unspecified atom stereocenters. The van der Waals surface area contributed by atoms with Crippen molar-refractivity contribution >= 4 is 0 Å². The molecule has 0 saturated carbocycles. The van der Waals surface area contributed by atoms with Gasteiger partial charge in [0.15, 0.2) is 0 Å². The third kappa shape index (κ3) is 3.04. The van der Waals surface area contributed by atoms with Gasteiger partial charge in [0.25, 0.3) is 0 Å². The minimum Gasteiger partial charge on any atom is -0.313 e. The van der Waals surface area contributed by atoms with Crippen LogP contribution >= 0.6 is 0 Å². The van der Waals surface area contributed by atoms with Gasteiger partial charge in [-0.25, -0.2) is 0 Å². The number of hydrogen-bond donors (Lipinski definition) is 1. The zero-order chi connectivity index (χ0) is 14.0. The van der Waals surface area contributed by atoms with Crippen molar-refractivity contribution in [3.05, 3.63) is 52.3 Å². The largest absolute Gasteiger partial charge is 0.313 e. The lowest BCUT2D eigenvalue weighted by Gasteiger charge is -2.21. The summed E-state index contributed by atoms with van der Waals surface area (Å²) in [5.74, 6) is 0. The van der Waals surface area contributed by atoms with Gasteiger partial charge in [0, 0.05) is 19.3 Å². The highest BCUT2D eigenvalue weighted by atomic mass is 15.2. The first kappa shape index (κ1) is 13.8. The van der Waals surface area contributed by atoms with Crippen LogP contribution in [0.2, 0.25) is 0 Å². The normalized spacial score (nSPS) is 12.7. The molecule has 0 saturated heterocycles. The number of nitrogens with zero attached hydrogens (tertiary/aromatic N) is 2. The molecular weight excluding hydrogens is 234 g/mol. The van der Waals surface area contributed by atoms with Gasteiger partial charge in [0.2, 0.25) is 0 Å². The van der Waals surface area contributed by atoms with Crippen molar-refractivity contribution < 1.29 is 0 Å². The van der Waals surface area contributed by atoms with Gasteiger partial charge in [-0.15, -0.1) is 0 Å². The molecule has 1 heterocycles. The number of benzene rings is 1. The first-order chi connectivity index (χ1) is 9.01. The van der Waals surface area contributed by atoms with E-state index in [0.29, 0.717) is 6.04 Å². The van der Waals surface area contributed by atoms with E-state index in [1.807, 2.05) is 25.0 Å². The van der Waals surface area contributed by atoms with Crippen molar-refractivity contribution in [3.63, 3.8) is 0 Å². The number of nitrogens with one attached hydrogen (secondary N) is 1. The standard InChI is InChI=1S/C16H23N3/c1-11-6-12(2)16(13(3)7-11)15(17-4)8-14-9-18-19(5)10-14/h6-7,9-10,15,17H,8H2,1-5H3. The van der Waals surface area contributed by atoms with Crippen LogP contribution in [0.4, 0.5) is 0 Å². The van der Waals surface area contributed by atoms with E-state index in [9.17, 15) is 0 Å². The Morgan fingerprint density at radius 3 is 2.32 bits per heavy atom. The third-order valence-corrected chi connectivity index (χ3v) is 3.63. The molecule has 3 nitrogen and oxygen atoms in total. The van der Waals surface area contributed by atoms with Gasteiger partial charge < -0.3 is 5.32 Å². The van der Waals surface area contributed by atoms with E-state index in [2.05, 4.69) is 49.5 Å². The minimum atomic E-state index is 0.338. The molecule has 0 bridgehead atoms. The molecule has 0 aliphatic rings. The van der Waals surface area contributed by atoms with E-state index in [1.165, 1.54) is 27.8 Å². The maximum absolute atomic E-state index is 4.25.